The maximum absolute atomic E-state index is 12.0. The number of nitrogens with one attached hydrogen (secondary N) is 2. The summed E-state index contributed by atoms with van der Waals surface area (Å²) in [6, 6.07) is 7.95. The third-order valence-corrected chi connectivity index (χ3v) is 3.36. The van der Waals surface area contributed by atoms with E-state index in [1.165, 1.54) is 0 Å². The molecule has 1 heterocycles. The molecule has 2 atom stereocenters. The Kier molecular flexibility index (Phi) is 3.65. The summed E-state index contributed by atoms with van der Waals surface area (Å²) in [6.45, 7) is 4.44. The SMILES string of the molecule is Cc1ccccc1C(C)NC(=O)C1CNC(=O)C1. The predicted octanol–water partition coefficient (Wildman–Crippen LogP) is 1.31. The zero-order chi connectivity index (χ0) is 13.1. The van der Waals surface area contributed by atoms with Crippen LogP contribution >= 0.6 is 0 Å². The molecule has 0 bridgehead atoms. The normalized spacial score (nSPS) is 20.3. The van der Waals surface area contributed by atoms with Crippen molar-refractivity contribution in [3.05, 3.63) is 35.4 Å². The maximum atomic E-state index is 12.0. The number of hydrogen-bond acceptors (Lipinski definition) is 2. The Morgan fingerprint density at radius 1 is 1.44 bits per heavy atom. The van der Waals surface area contributed by atoms with Crippen molar-refractivity contribution in [2.45, 2.75) is 26.3 Å². The summed E-state index contributed by atoms with van der Waals surface area (Å²) in [5.41, 5.74) is 2.27. The molecule has 96 valence electrons. The Labute approximate surface area is 107 Å². The number of benzene rings is 1. The van der Waals surface area contributed by atoms with Crippen LogP contribution in [0.25, 0.3) is 0 Å². The number of amides is 2. The van der Waals surface area contributed by atoms with Crippen LogP contribution in [0.2, 0.25) is 0 Å². The highest BCUT2D eigenvalue weighted by molar-refractivity contribution is 5.89. The van der Waals surface area contributed by atoms with Crippen LogP contribution in [0.5, 0.6) is 0 Å². The summed E-state index contributed by atoms with van der Waals surface area (Å²) in [5.74, 6) is -0.327. The van der Waals surface area contributed by atoms with E-state index in [4.69, 9.17) is 0 Å². The van der Waals surface area contributed by atoms with E-state index < -0.39 is 0 Å². The largest absolute Gasteiger partial charge is 0.355 e. The van der Waals surface area contributed by atoms with Gasteiger partial charge in [0.15, 0.2) is 0 Å². The molecule has 2 amide bonds. The van der Waals surface area contributed by atoms with Gasteiger partial charge < -0.3 is 10.6 Å². The van der Waals surface area contributed by atoms with E-state index in [-0.39, 0.29) is 23.8 Å². The second-order valence-electron chi connectivity index (χ2n) is 4.79. The van der Waals surface area contributed by atoms with E-state index in [1.54, 1.807) is 0 Å². The van der Waals surface area contributed by atoms with Crippen LogP contribution < -0.4 is 10.6 Å². The highest BCUT2D eigenvalue weighted by Crippen LogP contribution is 2.18. The number of hydrogen-bond donors (Lipinski definition) is 2. The highest BCUT2D eigenvalue weighted by Gasteiger charge is 2.28. The molecule has 0 aliphatic carbocycles. The minimum absolute atomic E-state index is 0.0330. The molecule has 0 saturated carbocycles. The number of rotatable bonds is 3. The van der Waals surface area contributed by atoms with Crippen molar-refractivity contribution in [3.8, 4) is 0 Å². The Hall–Kier alpha value is -1.84. The third-order valence-electron chi connectivity index (χ3n) is 3.36. The first-order valence-electron chi connectivity index (χ1n) is 6.20. The van der Waals surface area contributed by atoms with Crippen molar-refractivity contribution >= 4 is 11.8 Å². The van der Waals surface area contributed by atoms with Crippen LogP contribution in [0.3, 0.4) is 0 Å². The first-order valence-corrected chi connectivity index (χ1v) is 6.20. The fourth-order valence-electron chi connectivity index (χ4n) is 2.27. The molecule has 2 N–H and O–H groups in total. The Morgan fingerprint density at radius 2 is 2.17 bits per heavy atom. The molecule has 18 heavy (non-hydrogen) atoms. The Morgan fingerprint density at radius 3 is 2.78 bits per heavy atom. The van der Waals surface area contributed by atoms with Crippen LogP contribution in [0.4, 0.5) is 0 Å². The molecule has 1 aliphatic heterocycles. The second-order valence-corrected chi connectivity index (χ2v) is 4.79. The van der Waals surface area contributed by atoms with Gasteiger partial charge in [0, 0.05) is 13.0 Å². The molecule has 1 aliphatic rings. The summed E-state index contributed by atoms with van der Waals surface area (Å²) >= 11 is 0. The van der Waals surface area contributed by atoms with E-state index >= 15 is 0 Å². The molecule has 2 unspecified atom stereocenters. The lowest BCUT2D eigenvalue weighted by Gasteiger charge is -2.18. The van der Waals surface area contributed by atoms with Gasteiger partial charge in [-0.25, -0.2) is 0 Å². The van der Waals surface area contributed by atoms with E-state index in [0.29, 0.717) is 13.0 Å². The molecule has 1 saturated heterocycles. The summed E-state index contributed by atoms with van der Waals surface area (Å²) in [7, 11) is 0. The topological polar surface area (TPSA) is 58.2 Å². The van der Waals surface area contributed by atoms with Gasteiger partial charge in [-0.15, -0.1) is 0 Å². The summed E-state index contributed by atoms with van der Waals surface area (Å²) in [6.07, 6.45) is 0.298. The van der Waals surface area contributed by atoms with E-state index in [9.17, 15) is 9.59 Å². The van der Waals surface area contributed by atoms with Gasteiger partial charge in [0.1, 0.15) is 0 Å². The quantitative estimate of drug-likeness (QED) is 0.844. The van der Waals surface area contributed by atoms with Crippen molar-refractivity contribution < 1.29 is 9.59 Å². The van der Waals surface area contributed by atoms with Gasteiger partial charge >= 0.3 is 0 Å². The monoisotopic (exact) mass is 246 g/mol. The average Bonchev–Trinajstić information content (AvgIpc) is 2.76. The molecular weight excluding hydrogens is 228 g/mol. The fraction of sp³-hybridized carbons (Fsp3) is 0.429. The zero-order valence-electron chi connectivity index (χ0n) is 10.7. The summed E-state index contributed by atoms with van der Waals surface area (Å²) < 4.78 is 0. The maximum Gasteiger partial charge on any atom is 0.225 e. The zero-order valence-corrected chi connectivity index (χ0v) is 10.7. The Bertz CT molecular complexity index is 471. The fourth-order valence-corrected chi connectivity index (χ4v) is 2.27. The van der Waals surface area contributed by atoms with Gasteiger partial charge in [0.25, 0.3) is 0 Å². The minimum atomic E-state index is -0.232. The first kappa shape index (κ1) is 12.6. The minimum Gasteiger partial charge on any atom is -0.355 e. The number of aryl methyl sites for hydroxylation is 1. The molecule has 4 nitrogen and oxygen atoms in total. The van der Waals surface area contributed by atoms with Crippen molar-refractivity contribution in [3.63, 3.8) is 0 Å². The summed E-state index contributed by atoms with van der Waals surface area (Å²) in [4.78, 5) is 23.1. The van der Waals surface area contributed by atoms with Gasteiger partial charge in [-0.05, 0) is 25.0 Å². The molecule has 0 spiro atoms. The van der Waals surface area contributed by atoms with E-state index in [1.807, 2.05) is 38.1 Å². The molecule has 0 radical (unpaired) electrons. The third kappa shape index (κ3) is 2.70. The van der Waals surface area contributed by atoms with Crippen molar-refractivity contribution in [1.82, 2.24) is 10.6 Å². The van der Waals surface area contributed by atoms with Gasteiger partial charge in [-0.3, -0.25) is 9.59 Å². The number of carbonyl (C=O) groups is 2. The Balaban J connectivity index is 1.99. The lowest BCUT2D eigenvalue weighted by Crippen LogP contribution is -2.34. The second kappa shape index (κ2) is 5.21. The average molecular weight is 246 g/mol. The molecule has 1 fully saturated rings. The van der Waals surface area contributed by atoms with Crippen LogP contribution in [0.1, 0.15) is 30.5 Å². The van der Waals surface area contributed by atoms with Crippen LogP contribution in [0.15, 0.2) is 24.3 Å². The highest BCUT2D eigenvalue weighted by atomic mass is 16.2. The van der Waals surface area contributed by atoms with Crippen molar-refractivity contribution in [2.24, 2.45) is 5.92 Å². The van der Waals surface area contributed by atoms with Gasteiger partial charge in [-0.2, -0.15) is 0 Å². The van der Waals surface area contributed by atoms with Gasteiger partial charge in [0.05, 0.1) is 12.0 Å². The lowest BCUT2D eigenvalue weighted by molar-refractivity contribution is -0.127. The first-order chi connectivity index (χ1) is 8.58. The summed E-state index contributed by atoms with van der Waals surface area (Å²) in [5, 5.41) is 5.64. The molecular formula is C14H18N2O2. The smallest absolute Gasteiger partial charge is 0.225 e. The van der Waals surface area contributed by atoms with Crippen molar-refractivity contribution in [1.29, 1.82) is 0 Å². The van der Waals surface area contributed by atoms with E-state index in [2.05, 4.69) is 10.6 Å². The van der Waals surface area contributed by atoms with E-state index in [0.717, 1.165) is 11.1 Å². The molecule has 1 aromatic rings. The lowest BCUT2D eigenvalue weighted by atomic mass is 10.0. The molecule has 0 aromatic heterocycles. The molecule has 4 heteroatoms. The molecule has 1 aromatic carbocycles. The van der Waals surface area contributed by atoms with Crippen molar-refractivity contribution in [2.75, 3.05) is 6.54 Å². The van der Waals surface area contributed by atoms with Crippen LogP contribution in [0, 0.1) is 12.8 Å². The standard InChI is InChI=1S/C14H18N2O2/c1-9-5-3-4-6-12(9)10(2)16-14(18)11-7-13(17)15-8-11/h3-6,10-11H,7-8H2,1-2H3,(H,15,17)(H,16,18). The van der Waals surface area contributed by atoms with Crippen LogP contribution in [-0.4, -0.2) is 18.4 Å². The van der Waals surface area contributed by atoms with Gasteiger partial charge in [-0.1, -0.05) is 24.3 Å². The molecule has 2 rings (SSSR count). The van der Waals surface area contributed by atoms with Gasteiger partial charge in [0.2, 0.25) is 11.8 Å². The number of carbonyl (C=O) groups excluding carboxylic acids is 2. The predicted molar refractivity (Wildman–Crippen MR) is 68.9 cm³/mol. The van der Waals surface area contributed by atoms with Crippen LogP contribution in [-0.2, 0) is 9.59 Å².